The maximum Gasteiger partial charge on any atom is 0.253 e. The standard InChI is InChI=1S/C14H15ClN2OS/c1-9(7-10-5-6-19-8-10)17-14(18)11-3-2-4-12(15)13(11)16/h2-6,8-9H,7,16H2,1H3,(H,17,18). The van der Waals surface area contributed by atoms with Crippen LogP contribution in [0.15, 0.2) is 35.0 Å². The zero-order chi connectivity index (χ0) is 13.8. The van der Waals surface area contributed by atoms with Crippen molar-refractivity contribution in [2.24, 2.45) is 0 Å². The summed E-state index contributed by atoms with van der Waals surface area (Å²) in [7, 11) is 0. The summed E-state index contributed by atoms with van der Waals surface area (Å²) in [6, 6.07) is 7.16. The fourth-order valence-corrected chi connectivity index (χ4v) is 2.71. The predicted octanol–water partition coefficient (Wildman–Crippen LogP) is 3.34. The Morgan fingerprint density at radius 2 is 2.26 bits per heavy atom. The number of halogens is 1. The van der Waals surface area contributed by atoms with Crippen molar-refractivity contribution in [3.05, 3.63) is 51.2 Å². The molecule has 0 aliphatic rings. The molecule has 1 aromatic carbocycles. The Balaban J connectivity index is 2.02. The van der Waals surface area contributed by atoms with Crippen LogP contribution in [0, 0.1) is 0 Å². The normalized spacial score (nSPS) is 12.1. The minimum Gasteiger partial charge on any atom is -0.397 e. The molecule has 0 bridgehead atoms. The lowest BCUT2D eigenvalue weighted by Gasteiger charge is -2.14. The van der Waals surface area contributed by atoms with Crippen LogP contribution < -0.4 is 11.1 Å². The summed E-state index contributed by atoms with van der Waals surface area (Å²) in [5, 5.41) is 7.44. The SMILES string of the molecule is CC(Cc1ccsc1)NC(=O)c1cccc(Cl)c1N. The molecule has 2 aromatic rings. The van der Waals surface area contributed by atoms with E-state index in [2.05, 4.69) is 16.8 Å². The lowest BCUT2D eigenvalue weighted by Crippen LogP contribution is -2.34. The number of rotatable bonds is 4. The van der Waals surface area contributed by atoms with E-state index in [1.165, 1.54) is 5.56 Å². The molecule has 0 radical (unpaired) electrons. The molecule has 0 aliphatic carbocycles. The van der Waals surface area contributed by atoms with Crippen molar-refractivity contribution in [1.82, 2.24) is 5.32 Å². The van der Waals surface area contributed by atoms with Crippen LogP contribution in [-0.2, 0) is 6.42 Å². The Morgan fingerprint density at radius 1 is 1.47 bits per heavy atom. The third-order valence-electron chi connectivity index (χ3n) is 2.80. The van der Waals surface area contributed by atoms with Crippen LogP contribution in [-0.4, -0.2) is 11.9 Å². The number of hydrogen-bond donors (Lipinski definition) is 2. The van der Waals surface area contributed by atoms with Gasteiger partial charge in [0.1, 0.15) is 0 Å². The molecule has 3 nitrogen and oxygen atoms in total. The number of hydrogen-bond acceptors (Lipinski definition) is 3. The highest BCUT2D eigenvalue weighted by Crippen LogP contribution is 2.22. The number of thiophene rings is 1. The largest absolute Gasteiger partial charge is 0.397 e. The molecule has 1 aromatic heterocycles. The monoisotopic (exact) mass is 294 g/mol. The molecule has 2 rings (SSSR count). The van der Waals surface area contributed by atoms with Crippen molar-refractivity contribution in [3.8, 4) is 0 Å². The van der Waals surface area contributed by atoms with Crippen LogP contribution in [0.3, 0.4) is 0 Å². The van der Waals surface area contributed by atoms with Crippen LogP contribution in [0.5, 0.6) is 0 Å². The molecular formula is C14H15ClN2OS. The summed E-state index contributed by atoms with van der Waals surface area (Å²) in [4.78, 5) is 12.1. The fraction of sp³-hybridized carbons (Fsp3) is 0.214. The quantitative estimate of drug-likeness (QED) is 0.850. The minimum atomic E-state index is -0.192. The smallest absolute Gasteiger partial charge is 0.253 e. The number of carbonyl (C=O) groups is 1. The second-order valence-corrected chi connectivity index (χ2v) is 5.60. The number of nitrogens with two attached hydrogens (primary N) is 1. The average molecular weight is 295 g/mol. The fourth-order valence-electron chi connectivity index (χ4n) is 1.85. The van der Waals surface area contributed by atoms with Crippen molar-refractivity contribution in [3.63, 3.8) is 0 Å². The van der Waals surface area contributed by atoms with Crippen LogP contribution in [0.25, 0.3) is 0 Å². The van der Waals surface area contributed by atoms with Crippen molar-refractivity contribution < 1.29 is 4.79 Å². The average Bonchev–Trinajstić information content (AvgIpc) is 2.85. The van der Waals surface area contributed by atoms with Crippen LogP contribution in [0.4, 0.5) is 5.69 Å². The molecule has 3 N–H and O–H groups in total. The van der Waals surface area contributed by atoms with Gasteiger partial charge in [0, 0.05) is 6.04 Å². The van der Waals surface area contributed by atoms with E-state index in [-0.39, 0.29) is 11.9 Å². The highest BCUT2D eigenvalue weighted by atomic mass is 35.5. The lowest BCUT2D eigenvalue weighted by molar-refractivity contribution is 0.0941. The van der Waals surface area contributed by atoms with Crippen LogP contribution in [0.2, 0.25) is 5.02 Å². The van der Waals surface area contributed by atoms with E-state index in [9.17, 15) is 4.79 Å². The molecule has 0 fully saturated rings. The molecule has 19 heavy (non-hydrogen) atoms. The predicted molar refractivity (Wildman–Crippen MR) is 80.8 cm³/mol. The minimum absolute atomic E-state index is 0.0421. The van der Waals surface area contributed by atoms with Gasteiger partial charge in [-0.3, -0.25) is 4.79 Å². The van der Waals surface area contributed by atoms with Gasteiger partial charge in [-0.15, -0.1) is 0 Å². The third-order valence-corrected chi connectivity index (χ3v) is 3.86. The lowest BCUT2D eigenvalue weighted by atomic mass is 10.1. The number of para-hydroxylation sites is 1. The van der Waals surface area contributed by atoms with Crippen molar-refractivity contribution in [2.75, 3.05) is 5.73 Å². The van der Waals surface area contributed by atoms with Crippen LogP contribution >= 0.6 is 22.9 Å². The molecule has 100 valence electrons. The van der Waals surface area contributed by atoms with Crippen molar-refractivity contribution in [1.29, 1.82) is 0 Å². The Hall–Kier alpha value is -1.52. The summed E-state index contributed by atoms with van der Waals surface area (Å²) < 4.78 is 0. The number of nitrogens with one attached hydrogen (secondary N) is 1. The molecule has 5 heteroatoms. The van der Waals surface area contributed by atoms with Crippen LogP contribution in [0.1, 0.15) is 22.8 Å². The molecule has 0 aliphatic heterocycles. The maximum absolute atomic E-state index is 12.1. The molecule has 0 spiro atoms. The van der Waals surface area contributed by atoms with E-state index >= 15 is 0 Å². The Bertz CT molecular complexity index is 569. The first kappa shape index (κ1) is 13.9. The van der Waals surface area contributed by atoms with Crippen molar-refractivity contribution >= 4 is 34.5 Å². The molecule has 1 atom stereocenters. The van der Waals surface area contributed by atoms with E-state index < -0.39 is 0 Å². The molecular weight excluding hydrogens is 280 g/mol. The van der Waals surface area contributed by atoms with Gasteiger partial charge in [0.2, 0.25) is 0 Å². The zero-order valence-corrected chi connectivity index (χ0v) is 12.1. The number of anilines is 1. The first-order valence-corrected chi connectivity index (χ1v) is 7.26. The highest BCUT2D eigenvalue weighted by molar-refractivity contribution is 7.07. The molecule has 1 heterocycles. The number of amides is 1. The van der Waals surface area contributed by atoms with Gasteiger partial charge in [0.25, 0.3) is 5.91 Å². The molecule has 1 amide bonds. The van der Waals surface area contributed by atoms with Gasteiger partial charge in [-0.1, -0.05) is 17.7 Å². The summed E-state index contributed by atoms with van der Waals surface area (Å²) in [6.45, 7) is 1.97. The van der Waals surface area contributed by atoms with E-state index in [1.807, 2.05) is 12.3 Å². The molecule has 0 saturated heterocycles. The van der Waals surface area contributed by atoms with E-state index in [0.29, 0.717) is 16.3 Å². The first-order chi connectivity index (χ1) is 9.08. The van der Waals surface area contributed by atoms with Gasteiger partial charge < -0.3 is 11.1 Å². The number of nitrogen functional groups attached to an aromatic ring is 1. The summed E-state index contributed by atoms with van der Waals surface area (Å²) in [6.07, 6.45) is 0.801. The second-order valence-electron chi connectivity index (χ2n) is 4.41. The Morgan fingerprint density at radius 3 is 2.95 bits per heavy atom. The molecule has 1 unspecified atom stereocenters. The Kier molecular flexibility index (Phi) is 4.45. The van der Waals surface area contributed by atoms with E-state index in [1.54, 1.807) is 29.5 Å². The van der Waals surface area contributed by atoms with Gasteiger partial charge in [-0.25, -0.2) is 0 Å². The molecule has 0 saturated carbocycles. The van der Waals surface area contributed by atoms with Gasteiger partial charge in [0.05, 0.1) is 16.3 Å². The van der Waals surface area contributed by atoms with Gasteiger partial charge in [-0.05, 0) is 47.9 Å². The van der Waals surface area contributed by atoms with Gasteiger partial charge >= 0.3 is 0 Å². The zero-order valence-electron chi connectivity index (χ0n) is 10.5. The Labute approximate surface area is 121 Å². The number of carbonyl (C=O) groups excluding carboxylic acids is 1. The van der Waals surface area contributed by atoms with E-state index in [0.717, 1.165) is 6.42 Å². The highest BCUT2D eigenvalue weighted by Gasteiger charge is 2.14. The van der Waals surface area contributed by atoms with E-state index in [4.69, 9.17) is 17.3 Å². The van der Waals surface area contributed by atoms with Gasteiger partial charge in [0.15, 0.2) is 0 Å². The second kappa shape index (κ2) is 6.08. The first-order valence-electron chi connectivity index (χ1n) is 5.94. The van der Waals surface area contributed by atoms with Gasteiger partial charge in [-0.2, -0.15) is 11.3 Å². The summed E-state index contributed by atoms with van der Waals surface area (Å²) in [5.41, 5.74) is 7.77. The summed E-state index contributed by atoms with van der Waals surface area (Å²) in [5.74, 6) is -0.192. The third kappa shape index (κ3) is 3.49. The topological polar surface area (TPSA) is 55.1 Å². The van der Waals surface area contributed by atoms with Crippen molar-refractivity contribution in [2.45, 2.75) is 19.4 Å². The summed E-state index contributed by atoms with van der Waals surface area (Å²) >= 11 is 7.56. The number of benzene rings is 1. The maximum atomic E-state index is 12.1.